The second kappa shape index (κ2) is 5.58. The van der Waals surface area contributed by atoms with Crippen molar-refractivity contribution in [2.75, 3.05) is 7.11 Å². The molecule has 0 saturated heterocycles. The number of hydrogen-bond acceptors (Lipinski definition) is 3. The molecule has 0 radical (unpaired) electrons. The van der Waals surface area contributed by atoms with Crippen molar-refractivity contribution in [2.24, 2.45) is 12.8 Å². The molecule has 0 amide bonds. The summed E-state index contributed by atoms with van der Waals surface area (Å²) in [5.74, 6) is 1.91. The number of hydrogen-bond donors (Lipinski definition) is 1. The highest BCUT2D eigenvalue weighted by atomic mass is 16.5. The Hall–Kier alpha value is -2.33. The van der Waals surface area contributed by atoms with Crippen LogP contribution in [0.2, 0.25) is 0 Å². The molecule has 1 heterocycles. The van der Waals surface area contributed by atoms with Gasteiger partial charge in [0, 0.05) is 20.0 Å². The van der Waals surface area contributed by atoms with Crippen molar-refractivity contribution in [2.45, 2.75) is 13.0 Å². The fraction of sp³-hybridized carbons (Fsp3) is 0.235. The van der Waals surface area contributed by atoms with Gasteiger partial charge < -0.3 is 15.0 Å². The molecular formula is C17H19N3O. The number of rotatable bonds is 4. The largest absolute Gasteiger partial charge is 0.497 e. The van der Waals surface area contributed by atoms with Gasteiger partial charge in [0.05, 0.1) is 18.1 Å². The Morgan fingerprint density at radius 3 is 2.76 bits per heavy atom. The molecule has 0 saturated carbocycles. The molecule has 0 spiro atoms. The Balaban J connectivity index is 1.98. The maximum absolute atomic E-state index is 5.69. The lowest BCUT2D eigenvalue weighted by Crippen LogP contribution is -1.99. The van der Waals surface area contributed by atoms with Crippen LogP contribution in [0.1, 0.15) is 17.0 Å². The van der Waals surface area contributed by atoms with Crippen molar-refractivity contribution < 1.29 is 4.74 Å². The van der Waals surface area contributed by atoms with Crippen molar-refractivity contribution in [1.82, 2.24) is 9.55 Å². The molecule has 0 unspecified atom stereocenters. The van der Waals surface area contributed by atoms with Gasteiger partial charge in [-0.2, -0.15) is 0 Å². The van der Waals surface area contributed by atoms with E-state index in [4.69, 9.17) is 15.5 Å². The summed E-state index contributed by atoms with van der Waals surface area (Å²) in [7, 11) is 3.73. The standard InChI is InChI=1S/C17H19N3O/c1-20-16-7-6-13(11-18)9-15(16)19-17(20)10-12-4-3-5-14(8-12)21-2/h3-9H,10-11,18H2,1-2H3. The lowest BCUT2D eigenvalue weighted by molar-refractivity contribution is 0.414. The zero-order chi connectivity index (χ0) is 14.8. The summed E-state index contributed by atoms with van der Waals surface area (Å²) in [4.78, 5) is 4.74. The molecule has 0 aliphatic heterocycles. The third-order valence-electron chi connectivity index (χ3n) is 3.77. The van der Waals surface area contributed by atoms with E-state index < -0.39 is 0 Å². The van der Waals surface area contributed by atoms with Gasteiger partial charge in [-0.15, -0.1) is 0 Å². The summed E-state index contributed by atoms with van der Waals surface area (Å²) in [6.45, 7) is 0.539. The minimum absolute atomic E-state index is 0.539. The van der Waals surface area contributed by atoms with Crippen LogP contribution in [0, 0.1) is 0 Å². The number of imidazole rings is 1. The third-order valence-corrected chi connectivity index (χ3v) is 3.77. The minimum atomic E-state index is 0.539. The van der Waals surface area contributed by atoms with Crippen LogP contribution >= 0.6 is 0 Å². The van der Waals surface area contributed by atoms with Gasteiger partial charge in [0.2, 0.25) is 0 Å². The molecule has 0 aliphatic carbocycles. The number of nitrogens with zero attached hydrogens (tertiary/aromatic N) is 2. The van der Waals surface area contributed by atoms with Crippen LogP contribution in [0.25, 0.3) is 11.0 Å². The fourth-order valence-electron chi connectivity index (χ4n) is 2.55. The Morgan fingerprint density at radius 2 is 2.00 bits per heavy atom. The molecule has 2 N–H and O–H groups in total. The van der Waals surface area contributed by atoms with E-state index in [2.05, 4.69) is 28.8 Å². The highest BCUT2D eigenvalue weighted by molar-refractivity contribution is 5.77. The maximum Gasteiger partial charge on any atom is 0.119 e. The van der Waals surface area contributed by atoms with Crippen LogP contribution in [-0.2, 0) is 20.0 Å². The first-order valence-electron chi connectivity index (χ1n) is 6.98. The number of aryl methyl sites for hydroxylation is 1. The SMILES string of the molecule is COc1cccc(Cc2nc3cc(CN)ccc3n2C)c1. The second-order valence-corrected chi connectivity index (χ2v) is 5.14. The van der Waals surface area contributed by atoms with Gasteiger partial charge >= 0.3 is 0 Å². The maximum atomic E-state index is 5.69. The van der Waals surface area contributed by atoms with Gasteiger partial charge in [-0.05, 0) is 35.4 Å². The molecule has 0 fully saturated rings. The topological polar surface area (TPSA) is 53.1 Å². The first-order valence-corrected chi connectivity index (χ1v) is 6.98. The molecule has 1 aromatic heterocycles. The Kier molecular flexibility index (Phi) is 3.62. The van der Waals surface area contributed by atoms with E-state index in [-0.39, 0.29) is 0 Å². The molecule has 3 rings (SSSR count). The molecule has 0 aliphatic rings. The summed E-state index contributed by atoms with van der Waals surface area (Å²) in [6.07, 6.45) is 0.778. The summed E-state index contributed by atoms with van der Waals surface area (Å²) in [5, 5.41) is 0. The number of benzene rings is 2. The smallest absolute Gasteiger partial charge is 0.119 e. The summed E-state index contributed by atoms with van der Waals surface area (Å²) in [5.41, 5.74) is 10.1. The highest BCUT2D eigenvalue weighted by Crippen LogP contribution is 2.20. The van der Waals surface area contributed by atoms with Crippen molar-refractivity contribution in [1.29, 1.82) is 0 Å². The Bertz CT molecular complexity index is 777. The van der Waals surface area contributed by atoms with E-state index in [1.54, 1.807) is 7.11 Å². The number of fused-ring (bicyclic) bond motifs is 1. The van der Waals surface area contributed by atoms with E-state index in [1.807, 2.05) is 25.2 Å². The second-order valence-electron chi connectivity index (χ2n) is 5.14. The fourth-order valence-corrected chi connectivity index (χ4v) is 2.55. The summed E-state index contributed by atoms with van der Waals surface area (Å²) < 4.78 is 7.40. The van der Waals surface area contributed by atoms with Gasteiger partial charge in [0.15, 0.2) is 0 Å². The van der Waals surface area contributed by atoms with Crippen LogP contribution in [0.4, 0.5) is 0 Å². The van der Waals surface area contributed by atoms with E-state index in [9.17, 15) is 0 Å². The zero-order valence-corrected chi connectivity index (χ0v) is 12.3. The molecule has 0 atom stereocenters. The van der Waals surface area contributed by atoms with E-state index in [0.717, 1.165) is 34.6 Å². The van der Waals surface area contributed by atoms with Gasteiger partial charge in [0.25, 0.3) is 0 Å². The van der Waals surface area contributed by atoms with Gasteiger partial charge in [-0.25, -0.2) is 4.98 Å². The lowest BCUT2D eigenvalue weighted by Gasteiger charge is -2.05. The molecule has 0 bridgehead atoms. The van der Waals surface area contributed by atoms with Crippen LogP contribution in [-0.4, -0.2) is 16.7 Å². The number of ether oxygens (including phenoxy) is 1. The van der Waals surface area contributed by atoms with Gasteiger partial charge in [-0.3, -0.25) is 0 Å². The quantitative estimate of drug-likeness (QED) is 0.800. The number of nitrogens with two attached hydrogens (primary N) is 1. The van der Waals surface area contributed by atoms with Crippen LogP contribution < -0.4 is 10.5 Å². The molecule has 4 nitrogen and oxygen atoms in total. The zero-order valence-electron chi connectivity index (χ0n) is 12.3. The first kappa shape index (κ1) is 13.6. The third kappa shape index (κ3) is 2.62. The van der Waals surface area contributed by atoms with Gasteiger partial charge in [-0.1, -0.05) is 18.2 Å². The van der Waals surface area contributed by atoms with Crippen molar-refractivity contribution >= 4 is 11.0 Å². The van der Waals surface area contributed by atoms with Crippen LogP contribution in [0.3, 0.4) is 0 Å². The predicted octanol–water partition coefficient (Wildman–Crippen LogP) is 2.63. The van der Waals surface area contributed by atoms with Crippen LogP contribution in [0.15, 0.2) is 42.5 Å². The lowest BCUT2D eigenvalue weighted by atomic mass is 10.1. The number of aromatic nitrogens is 2. The molecule has 3 aromatic rings. The molecule has 108 valence electrons. The average molecular weight is 281 g/mol. The van der Waals surface area contributed by atoms with Gasteiger partial charge in [0.1, 0.15) is 11.6 Å². The molecular weight excluding hydrogens is 262 g/mol. The Labute approximate surface area is 124 Å². The average Bonchev–Trinajstić information content (AvgIpc) is 2.83. The molecule has 4 heteroatoms. The van der Waals surface area contributed by atoms with Crippen molar-refractivity contribution in [3.05, 3.63) is 59.4 Å². The number of methoxy groups -OCH3 is 1. The van der Waals surface area contributed by atoms with Crippen molar-refractivity contribution in [3.63, 3.8) is 0 Å². The summed E-state index contributed by atoms with van der Waals surface area (Å²) in [6, 6.07) is 14.3. The van der Waals surface area contributed by atoms with E-state index >= 15 is 0 Å². The predicted molar refractivity (Wildman–Crippen MR) is 84.4 cm³/mol. The molecule has 21 heavy (non-hydrogen) atoms. The van der Waals surface area contributed by atoms with E-state index in [0.29, 0.717) is 6.54 Å². The Morgan fingerprint density at radius 1 is 1.14 bits per heavy atom. The molecule has 2 aromatic carbocycles. The minimum Gasteiger partial charge on any atom is -0.497 e. The highest BCUT2D eigenvalue weighted by Gasteiger charge is 2.09. The van der Waals surface area contributed by atoms with Crippen molar-refractivity contribution in [3.8, 4) is 5.75 Å². The van der Waals surface area contributed by atoms with Crippen LogP contribution in [0.5, 0.6) is 5.75 Å². The monoisotopic (exact) mass is 281 g/mol. The summed E-state index contributed by atoms with van der Waals surface area (Å²) >= 11 is 0. The first-order chi connectivity index (χ1) is 10.2. The normalized spacial score (nSPS) is 11.0. The van der Waals surface area contributed by atoms with E-state index in [1.165, 1.54) is 5.56 Å².